The van der Waals surface area contributed by atoms with Crippen LogP contribution in [0.4, 0.5) is 0 Å². The van der Waals surface area contributed by atoms with E-state index in [1.807, 2.05) is 18.3 Å². The van der Waals surface area contributed by atoms with Crippen molar-refractivity contribution in [2.45, 2.75) is 19.5 Å². The Morgan fingerprint density at radius 3 is 2.42 bits per heavy atom. The average Bonchev–Trinajstić information content (AvgIpc) is 2.46. The summed E-state index contributed by atoms with van der Waals surface area (Å²) in [6.45, 7) is 2.71. The van der Waals surface area contributed by atoms with E-state index in [4.69, 9.17) is 5.73 Å². The Hall–Kier alpha value is -1.71. The Morgan fingerprint density at radius 2 is 1.84 bits per heavy atom. The maximum absolute atomic E-state index is 5.76. The minimum atomic E-state index is 0.409. The molecule has 1 heterocycles. The van der Waals surface area contributed by atoms with Gasteiger partial charge in [-0.25, -0.2) is 0 Å². The highest BCUT2D eigenvalue weighted by Gasteiger charge is 2.09. The molecule has 0 saturated carbocycles. The van der Waals surface area contributed by atoms with E-state index in [1.54, 1.807) is 0 Å². The third-order valence-electron chi connectivity index (χ3n) is 3.55. The van der Waals surface area contributed by atoms with Gasteiger partial charge in [-0.2, -0.15) is 0 Å². The monoisotopic (exact) mass is 255 g/mol. The molecule has 0 saturated heterocycles. The molecule has 2 N–H and O–H groups in total. The molecule has 2 aromatic rings. The highest BCUT2D eigenvalue weighted by molar-refractivity contribution is 5.63. The second-order valence-electron chi connectivity index (χ2n) is 4.98. The van der Waals surface area contributed by atoms with E-state index in [-0.39, 0.29) is 0 Å². The molecule has 0 aliphatic heterocycles. The molecule has 1 aromatic carbocycles. The topological polar surface area (TPSA) is 42.1 Å². The Kier molecular flexibility index (Phi) is 4.30. The second-order valence-corrected chi connectivity index (χ2v) is 4.98. The van der Waals surface area contributed by atoms with Gasteiger partial charge in [0.05, 0.1) is 5.69 Å². The lowest BCUT2D eigenvalue weighted by atomic mass is 10.0. The van der Waals surface area contributed by atoms with E-state index in [9.17, 15) is 0 Å². The van der Waals surface area contributed by atoms with Gasteiger partial charge in [0, 0.05) is 24.3 Å². The van der Waals surface area contributed by atoms with Gasteiger partial charge in [-0.15, -0.1) is 0 Å². The summed E-state index contributed by atoms with van der Waals surface area (Å²) in [5.41, 5.74) is 10.2. The molecule has 0 aliphatic carbocycles. The largest absolute Gasteiger partial charge is 0.326 e. The SMILES string of the molecule is C[C@H](c1ccc(-c2ncccc2CN)cc1)N(C)C. The molecule has 3 heteroatoms. The van der Waals surface area contributed by atoms with Crippen molar-refractivity contribution in [2.75, 3.05) is 14.1 Å². The summed E-state index contributed by atoms with van der Waals surface area (Å²) in [7, 11) is 4.17. The zero-order chi connectivity index (χ0) is 13.8. The van der Waals surface area contributed by atoms with Crippen molar-refractivity contribution in [2.24, 2.45) is 5.73 Å². The first kappa shape index (κ1) is 13.7. The lowest BCUT2D eigenvalue weighted by Crippen LogP contribution is -2.16. The fourth-order valence-electron chi connectivity index (χ4n) is 2.08. The van der Waals surface area contributed by atoms with Crippen LogP contribution >= 0.6 is 0 Å². The summed E-state index contributed by atoms with van der Waals surface area (Å²) in [4.78, 5) is 6.63. The van der Waals surface area contributed by atoms with Crippen LogP contribution in [0.5, 0.6) is 0 Å². The highest BCUT2D eigenvalue weighted by atomic mass is 15.1. The van der Waals surface area contributed by atoms with Crippen LogP contribution in [0.15, 0.2) is 42.6 Å². The third-order valence-corrected chi connectivity index (χ3v) is 3.55. The number of rotatable bonds is 4. The van der Waals surface area contributed by atoms with Gasteiger partial charge in [0.15, 0.2) is 0 Å². The molecule has 0 aliphatic rings. The van der Waals surface area contributed by atoms with Gasteiger partial charge in [0.1, 0.15) is 0 Å². The first-order valence-corrected chi connectivity index (χ1v) is 6.54. The van der Waals surface area contributed by atoms with Gasteiger partial charge in [-0.1, -0.05) is 30.3 Å². The predicted molar refractivity (Wildman–Crippen MR) is 79.7 cm³/mol. The molecule has 100 valence electrons. The van der Waals surface area contributed by atoms with Gasteiger partial charge >= 0.3 is 0 Å². The highest BCUT2D eigenvalue weighted by Crippen LogP contribution is 2.24. The van der Waals surface area contributed by atoms with Crippen LogP contribution in [0.3, 0.4) is 0 Å². The molecular formula is C16H21N3. The number of aromatic nitrogens is 1. The number of nitrogens with zero attached hydrogens (tertiary/aromatic N) is 2. The van der Waals surface area contributed by atoms with Crippen LogP contribution in [0.2, 0.25) is 0 Å². The summed E-state index contributed by atoms with van der Waals surface area (Å²) in [6, 6.07) is 12.9. The van der Waals surface area contributed by atoms with E-state index in [0.717, 1.165) is 16.8 Å². The molecule has 2 rings (SSSR count). The lowest BCUT2D eigenvalue weighted by Gasteiger charge is -2.20. The van der Waals surface area contributed by atoms with Crippen molar-refractivity contribution in [3.05, 3.63) is 53.7 Å². The molecule has 0 bridgehead atoms. The quantitative estimate of drug-likeness (QED) is 0.913. The number of hydrogen-bond acceptors (Lipinski definition) is 3. The maximum Gasteiger partial charge on any atom is 0.0746 e. The molecule has 0 spiro atoms. The Bertz CT molecular complexity index is 532. The maximum atomic E-state index is 5.76. The molecule has 0 radical (unpaired) electrons. The van der Waals surface area contributed by atoms with Crippen LogP contribution in [0.25, 0.3) is 11.3 Å². The Balaban J connectivity index is 2.32. The van der Waals surface area contributed by atoms with E-state index >= 15 is 0 Å². The predicted octanol–water partition coefficient (Wildman–Crippen LogP) is 2.83. The van der Waals surface area contributed by atoms with E-state index in [1.165, 1.54) is 5.56 Å². The Labute approximate surface area is 115 Å². The molecule has 3 nitrogen and oxygen atoms in total. The number of pyridine rings is 1. The van der Waals surface area contributed by atoms with Crippen molar-refractivity contribution < 1.29 is 0 Å². The molecule has 0 fully saturated rings. The Morgan fingerprint density at radius 1 is 1.16 bits per heavy atom. The molecule has 0 unspecified atom stereocenters. The van der Waals surface area contributed by atoms with Gasteiger partial charge < -0.3 is 10.6 Å². The van der Waals surface area contributed by atoms with Crippen LogP contribution in [-0.2, 0) is 6.54 Å². The van der Waals surface area contributed by atoms with Gasteiger partial charge in [-0.3, -0.25) is 4.98 Å². The van der Waals surface area contributed by atoms with Crippen molar-refractivity contribution in [1.29, 1.82) is 0 Å². The van der Waals surface area contributed by atoms with Gasteiger partial charge in [0.2, 0.25) is 0 Å². The zero-order valence-corrected chi connectivity index (χ0v) is 11.8. The van der Waals surface area contributed by atoms with Gasteiger partial charge in [0.25, 0.3) is 0 Å². The van der Waals surface area contributed by atoms with Crippen LogP contribution in [-0.4, -0.2) is 24.0 Å². The number of benzene rings is 1. The van der Waals surface area contributed by atoms with E-state index < -0.39 is 0 Å². The van der Waals surface area contributed by atoms with Crippen LogP contribution < -0.4 is 5.73 Å². The minimum Gasteiger partial charge on any atom is -0.326 e. The van der Waals surface area contributed by atoms with Crippen molar-refractivity contribution in [1.82, 2.24) is 9.88 Å². The minimum absolute atomic E-state index is 0.409. The summed E-state index contributed by atoms with van der Waals surface area (Å²) < 4.78 is 0. The molecule has 19 heavy (non-hydrogen) atoms. The molecule has 1 atom stereocenters. The van der Waals surface area contributed by atoms with Crippen LogP contribution in [0.1, 0.15) is 24.1 Å². The lowest BCUT2D eigenvalue weighted by molar-refractivity contribution is 0.321. The van der Waals surface area contributed by atoms with Crippen LogP contribution in [0, 0.1) is 0 Å². The van der Waals surface area contributed by atoms with E-state index in [0.29, 0.717) is 12.6 Å². The summed E-state index contributed by atoms with van der Waals surface area (Å²) in [6.07, 6.45) is 1.81. The van der Waals surface area contributed by atoms with Crippen molar-refractivity contribution >= 4 is 0 Å². The van der Waals surface area contributed by atoms with Gasteiger partial charge in [-0.05, 0) is 38.2 Å². The average molecular weight is 255 g/mol. The molecule has 0 amide bonds. The zero-order valence-electron chi connectivity index (χ0n) is 11.8. The first-order valence-electron chi connectivity index (χ1n) is 6.54. The fraction of sp³-hybridized carbons (Fsp3) is 0.312. The first-order chi connectivity index (χ1) is 9.13. The summed E-state index contributed by atoms with van der Waals surface area (Å²) in [5, 5.41) is 0. The molecular weight excluding hydrogens is 234 g/mol. The number of hydrogen-bond donors (Lipinski definition) is 1. The number of nitrogens with two attached hydrogens (primary N) is 1. The summed E-state index contributed by atoms with van der Waals surface area (Å²) >= 11 is 0. The second kappa shape index (κ2) is 5.95. The molecule has 1 aromatic heterocycles. The summed E-state index contributed by atoms with van der Waals surface area (Å²) in [5.74, 6) is 0. The smallest absolute Gasteiger partial charge is 0.0746 e. The third kappa shape index (κ3) is 3.00. The standard InChI is InChI=1S/C16H21N3/c1-12(19(2)3)13-6-8-14(9-7-13)16-15(11-17)5-4-10-18-16/h4-10,12H,11,17H2,1-3H3/t12-/m1/s1. The van der Waals surface area contributed by atoms with E-state index in [2.05, 4.69) is 55.2 Å². The van der Waals surface area contributed by atoms with Crippen molar-refractivity contribution in [3.8, 4) is 11.3 Å². The fourth-order valence-corrected chi connectivity index (χ4v) is 2.08. The normalized spacial score (nSPS) is 12.7. The van der Waals surface area contributed by atoms with Crippen molar-refractivity contribution in [3.63, 3.8) is 0 Å².